The zero-order chi connectivity index (χ0) is 15.1. The van der Waals surface area contributed by atoms with Crippen LogP contribution in [0.2, 0.25) is 0 Å². The van der Waals surface area contributed by atoms with E-state index in [4.69, 9.17) is 10.2 Å². The predicted octanol–water partition coefficient (Wildman–Crippen LogP) is 1.27. The van der Waals surface area contributed by atoms with Gasteiger partial charge in [-0.05, 0) is 24.6 Å². The lowest BCUT2D eigenvalue weighted by molar-refractivity contribution is -0.140. The van der Waals surface area contributed by atoms with E-state index in [1.54, 1.807) is 0 Å². The lowest BCUT2D eigenvalue weighted by Gasteiger charge is -2.14. The number of carbonyl (C=O) groups excluding carboxylic acids is 1. The number of carboxylic acid groups (broad SMARTS) is 2. The molecule has 2 amide bonds. The number of benzene rings is 1. The van der Waals surface area contributed by atoms with Crippen LogP contribution >= 0.6 is 0 Å². The van der Waals surface area contributed by atoms with E-state index in [1.165, 1.54) is 18.2 Å². The highest BCUT2D eigenvalue weighted by Crippen LogP contribution is 2.09. The minimum atomic E-state index is -1.35. The first-order valence-electron chi connectivity index (χ1n) is 5.66. The molecule has 0 saturated carbocycles. The van der Waals surface area contributed by atoms with Crippen molar-refractivity contribution in [3.8, 4) is 0 Å². The molecule has 20 heavy (non-hydrogen) atoms. The van der Waals surface area contributed by atoms with E-state index in [0.29, 0.717) is 0 Å². The van der Waals surface area contributed by atoms with Crippen LogP contribution in [0.4, 0.5) is 14.9 Å². The normalized spacial score (nSPS) is 11.4. The molecule has 1 aromatic rings. The summed E-state index contributed by atoms with van der Waals surface area (Å²) in [6.45, 7) is 0. The van der Waals surface area contributed by atoms with Crippen LogP contribution in [0.25, 0.3) is 0 Å². The zero-order valence-electron chi connectivity index (χ0n) is 10.3. The van der Waals surface area contributed by atoms with E-state index in [1.807, 2.05) is 0 Å². The SMILES string of the molecule is O=C(O)CCC(NC(=O)Nc1cccc(F)c1)C(=O)O. The maximum atomic E-state index is 12.9. The summed E-state index contributed by atoms with van der Waals surface area (Å²) in [5.74, 6) is -3.06. The van der Waals surface area contributed by atoms with Gasteiger partial charge in [-0.3, -0.25) is 4.79 Å². The second-order valence-electron chi connectivity index (χ2n) is 3.93. The van der Waals surface area contributed by atoms with Crippen molar-refractivity contribution in [2.24, 2.45) is 0 Å². The number of halogens is 1. The van der Waals surface area contributed by atoms with Gasteiger partial charge >= 0.3 is 18.0 Å². The maximum absolute atomic E-state index is 12.9. The van der Waals surface area contributed by atoms with Crippen LogP contribution in [0.15, 0.2) is 24.3 Å². The first-order valence-corrected chi connectivity index (χ1v) is 5.66. The van der Waals surface area contributed by atoms with Gasteiger partial charge < -0.3 is 20.8 Å². The Labute approximate surface area is 113 Å². The first-order chi connectivity index (χ1) is 9.38. The third-order valence-corrected chi connectivity index (χ3v) is 2.33. The van der Waals surface area contributed by atoms with Gasteiger partial charge in [-0.2, -0.15) is 0 Å². The minimum absolute atomic E-state index is 0.157. The molecule has 0 heterocycles. The van der Waals surface area contributed by atoms with Gasteiger partial charge in [0, 0.05) is 12.1 Å². The zero-order valence-corrected chi connectivity index (χ0v) is 10.3. The number of hydrogen-bond donors (Lipinski definition) is 4. The largest absolute Gasteiger partial charge is 0.481 e. The minimum Gasteiger partial charge on any atom is -0.481 e. The molecule has 1 aromatic carbocycles. The number of rotatable bonds is 6. The van der Waals surface area contributed by atoms with Crippen LogP contribution in [-0.2, 0) is 9.59 Å². The van der Waals surface area contributed by atoms with Crippen molar-refractivity contribution in [1.82, 2.24) is 5.32 Å². The summed E-state index contributed by atoms with van der Waals surface area (Å²) in [6.07, 6.45) is -0.640. The number of anilines is 1. The lowest BCUT2D eigenvalue weighted by atomic mass is 10.1. The Morgan fingerprint density at radius 1 is 1.25 bits per heavy atom. The number of hydrogen-bond acceptors (Lipinski definition) is 3. The van der Waals surface area contributed by atoms with Crippen LogP contribution in [0.1, 0.15) is 12.8 Å². The number of nitrogens with one attached hydrogen (secondary N) is 2. The standard InChI is InChI=1S/C12H13FN2O5/c13-7-2-1-3-8(6-7)14-12(20)15-9(11(18)19)4-5-10(16)17/h1-3,6,9H,4-5H2,(H,16,17)(H,18,19)(H2,14,15,20). The molecule has 0 aromatic heterocycles. The van der Waals surface area contributed by atoms with Crippen LogP contribution in [-0.4, -0.2) is 34.2 Å². The second kappa shape index (κ2) is 7.07. The molecule has 4 N–H and O–H groups in total. The number of carboxylic acids is 2. The van der Waals surface area contributed by atoms with Crippen molar-refractivity contribution in [2.75, 3.05) is 5.32 Å². The van der Waals surface area contributed by atoms with Gasteiger partial charge in [0.05, 0.1) is 0 Å². The van der Waals surface area contributed by atoms with Crippen molar-refractivity contribution < 1.29 is 29.0 Å². The molecule has 0 aliphatic heterocycles. The fourth-order valence-corrected chi connectivity index (χ4v) is 1.42. The van der Waals surface area contributed by atoms with Crippen LogP contribution in [0.3, 0.4) is 0 Å². The van der Waals surface area contributed by atoms with E-state index in [9.17, 15) is 18.8 Å². The highest BCUT2D eigenvalue weighted by Gasteiger charge is 2.20. The highest BCUT2D eigenvalue weighted by molar-refractivity contribution is 5.92. The van der Waals surface area contributed by atoms with E-state index in [2.05, 4.69) is 10.6 Å². The van der Waals surface area contributed by atoms with E-state index >= 15 is 0 Å². The van der Waals surface area contributed by atoms with E-state index < -0.39 is 36.2 Å². The van der Waals surface area contributed by atoms with Gasteiger partial charge in [-0.25, -0.2) is 14.0 Å². The van der Waals surface area contributed by atoms with Crippen molar-refractivity contribution in [2.45, 2.75) is 18.9 Å². The van der Waals surface area contributed by atoms with E-state index in [0.717, 1.165) is 6.07 Å². The van der Waals surface area contributed by atoms with Gasteiger partial charge in [-0.15, -0.1) is 0 Å². The number of amides is 2. The Kier molecular flexibility index (Phi) is 5.45. The second-order valence-corrected chi connectivity index (χ2v) is 3.93. The van der Waals surface area contributed by atoms with Gasteiger partial charge in [-0.1, -0.05) is 6.07 Å². The van der Waals surface area contributed by atoms with Gasteiger partial charge in [0.1, 0.15) is 11.9 Å². The molecule has 0 radical (unpaired) electrons. The molecule has 1 rings (SSSR count). The van der Waals surface area contributed by atoms with Crippen molar-refractivity contribution >= 4 is 23.7 Å². The average molecular weight is 284 g/mol. The molecule has 1 atom stereocenters. The molecular weight excluding hydrogens is 271 g/mol. The number of carbonyl (C=O) groups is 3. The summed E-state index contributed by atoms with van der Waals surface area (Å²) < 4.78 is 12.9. The van der Waals surface area contributed by atoms with Crippen LogP contribution in [0.5, 0.6) is 0 Å². The van der Waals surface area contributed by atoms with Crippen molar-refractivity contribution in [3.63, 3.8) is 0 Å². The van der Waals surface area contributed by atoms with Gasteiger partial charge in [0.25, 0.3) is 0 Å². The number of aliphatic carboxylic acids is 2. The summed E-state index contributed by atoms with van der Waals surface area (Å²) in [5.41, 5.74) is 0.157. The lowest BCUT2D eigenvalue weighted by Crippen LogP contribution is -2.43. The van der Waals surface area contributed by atoms with E-state index in [-0.39, 0.29) is 12.1 Å². The molecule has 108 valence electrons. The van der Waals surface area contributed by atoms with Gasteiger partial charge in [0.2, 0.25) is 0 Å². The van der Waals surface area contributed by atoms with Crippen molar-refractivity contribution in [1.29, 1.82) is 0 Å². The Bertz CT molecular complexity index is 520. The monoisotopic (exact) mass is 284 g/mol. The Morgan fingerprint density at radius 2 is 1.95 bits per heavy atom. The molecule has 1 unspecified atom stereocenters. The fraction of sp³-hybridized carbons (Fsp3) is 0.250. The molecule has 0 aliphatic rings. The van der Waals surface area contributed by atoms with Gasteiger partial charge in [0.15, 0.2) is 0 Å². The highest BCUT2D eigenvalue weighted by atomic mass is 19.1. The molecule has 0 spiro atoms. The summed E-state index contributed by atoms with van der Waals surface area (Å²) in [7, 11) is 0. The summed E-state index contributed by atoms with van der Waals surface area (Å²) in [5, 5.41) is 21.7. The van der Waals surface area contributed by atoms with Crippen molar-refractivity contribution in [3.05, 3.63) is 30.1 Å². The summed E-state index contributed by atoms with van der Waals surface area (Å²) >= 11 is 0. The fourth-order valence-electron chi connectivity index (χ4n) is 1.42. The average Bonchev–Trinajstić information content (AvgIpc) is 2.33. The predicted molar refractivity (Wildman–Crippen MR) is 66.8 cm³/mol. The third kappa shape index (κ3) is 5.34. The Morgan fingerprint density at radius 3 is 2.50 bits per heavy atom. The molecule has 0 bridgehead atoms. The number of urea groups is 1. The quantitative estimate of drug-likeness (QED) is 0.627. The molecule has 0 fully saturated rings. The summed E-state index contributed by atoms with van der Waals surface area (Å²) in [4.78, 5) is 32.8. The molecular formula is C12H13FN2O5. The first kappa shape index (κ1) is 15.4. The Balaban J connectivity index is 2.57. The maximum Gasteiger partial charge on any atom is 0.326 e. The topological polar surface area (TPSA) is 116 Å². The molecule has 8 heteroatoms. The molecule has 0 saturated heterocycles. The molecule has 7 nitrogen and oxygen atoms in total. The third-order valence-electron chi connectivity index (χ3n) is 2.33. The van der Waals surface area contributed by atoms with Crippen LogP contribution in [0, 0.1) is 5.82 Å². The van der Waals surface area contributed by atoms with Crippen LogP contribution < -0.4 is 10.6 Å². The smallest absolute Gasteiger partial charge is 0.326 e. The summed E-state index contributed by atoms with van der Waals surface area (Å²) in [6, 6.07) is 2.87. The molecule has 0 aliphatic carbocycles. The Hall–Kier alpha value is -2.64.